The summed E-state index contributed by atoms with van der Waals surface area (Å²) in [5.41, 5.74) is 0.903. The molecule has 4 rings (SSSR count). The summed E-state index contributed by atoms with van der Waals surface area (Å²) in [6.45, 7) is 7.89. The van der Waals surface area contributed by atoms with E-state index in [1.165, 1.54) is 18.6 Å². The Labute approximate surface area is 276 Å². The van der Waals surface area contributed by atoms with Gasteiger partial charge in [0.25, 0.3) is 0 Å². The SMILES string of the molecule is COc1ccc(-c2c3c(n(C4OC(COC(C)=O)C(OC(C)=O)C(OC(C)=O)C4OC(C)=O)c(=S)c2C#N)CC(C)(C)CC3=O)cc1. The molecule has 1 aliphatic heterocycles. The first-order chi connectivity index (χ1) is 22.1. The van der Waals surface area contributed by atoms with Gasteiger partial charge in [0.1, 0.15) is 29.2 Å². The topological polar surface area (TPSA) is 169 Å². The van der Waals surface area contributed by atoms with Gasteiger partial charge in [-0.3, -0.25) is 24.0 Å². The maximum absolute atomic E-state index is 14.0. The lowest BCUT2D eigenvalue weighted by atomic mass is 9.73. The third-order valence-electron chi connectivity index (χ3n) is 7.79. The Morgan fingerprint density at radius 1 is 0.915 bits per heavy atom. The van der Waals surface area contributed by atoms with Crippen molar-refractivity contribution in [3.63, 3.8) is 0 Å². The number of carbonyl (C=O) groups excluding carboxylic acids is 5. The number of ether oxygens (including phenoxy) is 6. The second kappa shape index (κ2) is 14.0. The van der Waals surface area contributed by atoms with Crippen LogP contribution in [0.2, 0.25) is 0 Å². The molecule has 1 saturated heterocycles. The zero-order chi connectivity index (χ0) is 34.8. The molecule has 2 aliphatic rings. The monoisotopic (exact) mass is 668 g/mol. The summed E-state index contributed by atoms with van der Waals surface area (Å²) >= 11 is 5.95. The third kappa shape index (κ3) is 7.52. The molecule has 0 saturated carbocycles. The fraction of sp³-hybridized carbons (Fsp3) is 0.485. The molecule has 1 fully saturated rings. The Hall–Kier alpha value is -4.61. The van der Waals surface area contributed by atoms with E-state index in [0.29, 0.717) is 22.6 Å². The van der Waals surface area contributed by atoms with Crippen LogP contribution < -0.4 is 4.74 Å². The molecule has 47 heavy (non-hydrogen) atoms. The molecular formula is C33H36N2O11S. The fourth-order valence-electron chi connectivity index (χ4n) is 6.09. The first kappa shape index (κ1) is 35.2. The van der Waals surface area contributed by atoms with Gasteiger partial charge in [-0.2, -0.15) is 5.26 Å². The molecule has 0 bridgehead atoms. The lowest BCUT2D eigenvalue weighted by Gasteiger charge is -2.46. The quantitative estimate of drug-likeness (QED) is 0.223. The normalized spacial score (nSPS) is 23.0. The summed E-state index contributed by atoms with van der Waals surface area (Å²) in [6, 6.07) is 8.98. The van der Waals surface area contributed by atoms with Gasteiger partial charge in [0.05, 0.1) is 12.7 Å². The number of carbonyl (C=O) groups is 5. The lowest BCUT2D eigenvalue weighted by molar-refractivity contribution is -0.269. The minimum atomic E-state index is -1.50. The van der Waals surface area contributed by atoms with Gasteiger partial charge in [-0.15, -0.1) is 0 Å². The van der Waals surface area contributed by atoms with Crippen molar-refractivity contribution in [1.82, 2.24) is 4.57 Å². The minimum absolute atomic E-state index is 0.0233. The average Bonchev–Trinajstić information content (AvgIpc) is 2.97. The number of esters is 4. The number of ketones is 1. The second-order valence-corrected chi connectivity index (χ2v) is 12.5. The van der Waals surface area contributed by atoms with Crippen LogP contribution in [0.5, 0.6) is 5.75 Å². The van der Waals surface area contributed by atoms with Crippen molar-refractivity contribution in [1.29, 1.82) is 5.26 Å². The van der Waals surface area contributed by atoms with Gasteiger partial charge < -0.3 is 33.0 Å². The number of methoxy groups -OCH3 is 1. The molecular weight excluding hydrogens is 632 g/mol. The Balaban J connectivity index is 2.08. The van der Waals surface area contributed by atoms with Crippen LogP contribution in [0.1, 0.15) is 75.8 Å². The smallest absolute Gasteiger partial charge is 0.303 e. The van der Waals surface area contributed by atoms with Crippen LogP contribution in [0.15, 0.2) is 24.3 Å². The molecule has 1 aliphatic carbocycles. The lowest BCUT2D eigenvalue weighted by Crippen LogP contribution is -2.61. The largest absolute Gasteiger partial charge is 0.497 e. The summed E-state index contributed by atoms with van der Waals surface area (Å²) in [5.74, 6) is -2.74. The van der Waals surface area contributed by atoms with Gasteiger partial charge in [-0.05, 0) is 29.5 Å². The number of benzene rings is 1. The number of nitriles is 1. The van der Waals surface area contributed by atoms with Crippen molar-refractivity contribution >= 4 is 41.9 Å². The number of rotatable bonds is 8. The Kier molecular flexibility index (Phi) is 10.5. The highest BCUT2D eigenvalue weighted by Crippen LogP contribution is 2.45. The number of Topliss-reactive ketones (excluding diaryl/α,β-unsaturated/α-hetero) is 1. The van der Waals surface area contributed by atoms with E-state index < -0.39 is 66.5 Å². The summed E-state index contributed by atoms with van der Waals surface area (Å²) < 4.78 is 35.2. The molecule has 0 amide bonds. The maximum Gasteiger partial charge on any atom is 0.303 e. The summed E-state index contributed by atoms with van der Waals surface area (Å²) in [7, 11) is 1.52. The molecule has 2 aromatic rings. The van der Waals surface area contributed by atoms with Crippen molar-refractivity contribution in [2.24, 2.45) is 5.41 Å². The van der Waals surface area contributed by atoms with Crippen LogP contribution in [-0.4, -0.2) is 72.4 Å². The first-order valence-electron chi connectivity index (χ1n) is 14.8. The predicted octanol–water partition coefficient (Wildman–Crippen LogP) is 4.18. The highest BCUT2D eigenvalue weighted by Gasteiger charge is 2.54. The number of hydrogen-bond donors (Lipinski definition) is 0. The van der Waals surface area contributed by atoms with Gasteiger partial charge in [-0.1, -0.05) is 38.2 Å². The summed E-state index contributed by atoms with van der Waals surface area (Å²) in [6.07, 6.45) is -6.63. The van der Waals surface area contributed by atoms with E-state index >= 15 is 0 Å². The van der Waals surface area contributed by atoms with Crippen molar-refractivity contribution < 1.29 is 52.4 Å². The standard InChI is InChI=1S/C33H36N2O11S/c1-16(36)42-15-25-28(43-17(2)37)29(44-18(3)38)30(45-19(4)39)31(46-25)35-23-12-33(5,6)13-24(40)27(23)26(22(14-34)32(35)47)20-8-10-21(41-7)11-9-20/h8-11,25,28-31H,12-13,15H2,1-7H3. The number of pyridine rings is 1. The van der Waals surface area contributed by atoms with Crippen LogP contribution in [0, 0.1) is 21.4 Å². The van der Waals surface area contributed by atoms with E-state index in [-0.39, 0.29) is 34.4 Å². The highest BCUT2D eigenvalue weighted by molar-refractivity contribution is 7.71. The molecule has 13 nitrogen and oxygen atoms in total. The molecule has 250 valence electrons. The van der Waals surface area contributed by atoms with Crippen LogP contribution in [0.3, 0.4) is 0 Å². The molecule has 5 atom stereocenters. The van der Waals surface area contributed by atoms with Gasteiger partial charge in [0.15, 0.2) is 30.3 Å². The number of fused-ring (bicyclic) bond motifs is 1. The van der Waals surface area contributed by atoms with Crippen LogP contribution in [-0.2, 0) is 49.3 Å². The van der Waals surface area contributed by atoms with Crippen LogP contribution in [0.25, 0.3) is 11.1 Å². The number of aromatic nitrogens is 1. The average molecular weight is 669 g/mol. The van der Waals surface area contributed by atoms with Crippen molar-refractivity contribution in [2.45, 2.75) is 85.0 Å². The van der Waals surface area contributed by atoms with E-state index in [1.54, 1.807) is 24.3 Å². The van der Waals surface area contributed by atoms with Crippen molar-refractivity contribution in [2.75, 3.05) is 13.7 Å². The van der Waals surface area contributed by atoms with E-state index in [0.717, 1.165) is 20.8 Å². The molecule has 1 aromatic heterocycles. The first-order valence-corrected chi connectivity index (χ1v) is 15.2. The third-order valence-corrected chi connectivity index (χ3v) is 8.19. The molecule has 0 N–H and O–H groups in total. The molecule has 0 spiro atoms. The molecule has 0 radical (unpaired) electrons. The molecule has 14 heteroatoms. The zero-order valence-electron chi connectivity index (χ0n) is 27.1. The zero-order valence-corrected chi connectivity index (χ0v) is 27.9. The Morgan fingerprint density at radius 2 is 1.49 bits per heavy atom. The van der Waals surface area contributed by atoms with E-state index in [2.05, 4.69) is 6.07 Å². The second-order valence-electron chi connectivity index (χ2n) is 12.1. The van der Waals surface area contributed by atoms with Gasteiger partial charge >= 0.3 is 23.9 Å². The fourth-order valence-corrected chi connectivity index (χ4v) is 6.45. The minimum Gasteiger partial charge on any atom is -0.497 e. The van der Waals surface area contributed by atoms with E-state index in [9.17, 15) is 29.2 Å². The van der Waals surface area contributed by atoms with E-state index in [4.69, 9.17) is 40.6 Å². The summed E-state index contributed by atoms with van der Waals surface area (Å²) in [5, 5.41) is 10.5. The Morgan fingerprint density at radius 3 is 2.02 bits per heavy atom. The van der Waals surface area contributed by atoms with Gasteiger partial charge in [0.2, 0.25) is 0 Å². The number of nitrogens with zero attached hydrogens (tertiary/aromatic N) is 2. The van der Waals surface area contributed by atoms with Crippen molar-refractivity contribution in [3.8, 4) is 22.9 Å². The van der Waals surface area contributed by atoms with Crippen LogP contribution >= 0.6 is 12.2 Å². The van der Waals surface area contributed by atoms with Crippen LogP contribution in [0.4, 0.5) is 0 Å². The van der Waals surface area contributed by atoms with Gasteiger partial charge in [-0.25, -0.2) is 0 Å². The van der Waals surface area contributed by atoms with Gasteiger partial charge in [0, 0.05) is 50.9 Å². The molecule has 1 aromatic carbocycles. The highest BCUT2D eigenvalue weighted by atomic mass is 32.1. The molecule has 5 unspecified atom stereocenters. The molecule has 2 heterocycles. The summed E-state index contributed by atoms with van der Waals surface area (Å²) in [4.78, 5) is 63.0. The Bertz CT molecular complexity index is 1710. The predicted molar refractivity (Wildman–Crippen MR) is 166 cm³/mol. The van der Waals surface area contributed by atoms with Crippen molar-refractivity contribution in [3.05, 3.63) is 45.7 Å². The maximum atomic E-state index is 14.0. The van der Waals surface area contributed by atoms with E-state index in [1.807, 2.05) is 13.8 Å². The number of hydrogen-bond acceptors (Lipinski definition) is 13.